The van der Waals surface area contributed by atoms with Crippen LogP contribution in [0, 0.1) is 5.82 Å². The van der Waals surface area contributed by atoms with Crippen molar-refractivity contribution in [2.45, 2.75) is 19.5 Å². The Bertz CT molecular complexity index is 376. The lowest BCUT2D eigenvalue weighted by Gasteiger charge is -2.33. The van der Waals surface area contributed by atoms with Gasteiger partial charge in [0.15, 0.2) is 0 Å². The minimum absolute atomic E-state index is 0. The molecule has 17 heavy (non-hydrogen) atoms. The summed E-state index contributed by atoms with van der Waals surface area (Å²) >= 11 is 3.38. The summed E-state index contributed by atoms with van der Waals surface area (Å²) in [5.74, 6) is -0.117. The summed E-state index contributed by atoms with van der Waals surface area (Å²) in [6, 6.07) is 5.59. The summed E-state index contributed by atoms with van der Waals surface area (Å²) in [5.41, 5.74) is 0.767. The van der Waals surface area contributed by atoms with Crippen LogP contribution in [-0.4, -0.2) is 30.6 Å². The SMILES string of the molecule is C[C@H]1CNCCN1Cc1cc(Br)ccc1F.Cl. The maximum atomic E-state index is 13.6. The van der Waals surface area contributed by atoms with Crippen LogP contribution in [0.15, 0.2) is 22.7 Å². The topological polar surface area (TPSA) is 15.3 Å². The molecule has 1 aliphatic heterocycles. The first-order valence-corrected chi connectivity index (χ1v) is 6.35. The first-order chi connectivity index (χ1) is 7.66. The zero-order chi connectivity index (χ0) is 11.5. The summed E-state index contributed by atoms with van der Waals surface area (Å²) in [5, 5.41) is 3.33. The predicted molar refractivity (Wildman–Crippen MR) is 74.1 cm³/mol. The van der Waals surface area contributed by atoms with E-state index in [4.69, 9.17) is 0 Å². The van der Waals surface area contributed by atoms with E-state index in [1.54, 1.807) is 6.07 Å². The highest BCUT2D eigenvalue weighted by molar-refractivity contribution is 9.10. The van der Waals surface area contributed by atoms with Gasteiger partial charge in [-0.15, -0.1) is 12.4 Å². The molecule has 5 heteroatoms. The molecular formula is C12H17BrClFN2. The van der Waals surface area contributed by atoms with Crippen LogP contribution in [0.5, 0.6) is 0 Å². The number of rotatable bonds is 2. The number of hydrogen-bond acceptors (Lipinski definition) is 2. The maximum absolute atomic E-state index is 13.6. The second kappa shape index (κ2) is 6.69. The second-order valence-electron chi connectivity index (χ2n) is 4.26. The van der Waals surface area contributed by atoms with Crippen molar-refractivity contribution < 1.29 is 4.39 Å². The van der Waals surface area contributed by atoms with Crippen molar-refractivity contribution >= 4 is 28.3 Å². The molecular weight excluding hydrogens is 307 g/mol. The Labute approximate surface area is 116 Å². The molecule has 1 aromatic carbocycles. The number of nitrogens with one attached hydrogen (secondary N) is 1. The molecule has 0 aliphatic carbocycles. The summed E-state index contributed by atoms with van der Waals surface area (Å²) in [7, 11) is 0. The van der Waals surface area contributed by atoms with E-state index in [-0.39, 0.29) is 18.2 Å². The van der Waals surface area contributed by atoms with E-state index in [0.29, 0.717) is 12.6 Å². The molecule has 1 aliphatic rings. The Morgan fingerprint density at radius 2 is 2.29 bits per heavy atom. The van der Waals surface area contributed by atoms with Gasteiger partial charge in [-0.1, -0.05) is 15.9 Å². The average Bonchev–Trinajstić information content (AvgIpc) is 2.27. The van der Waals surface area contributed by atoms with Gasteiger partial charge in [0.2, 0.25) is 0 Å². The van der Waals surface area contributed by atoms with Crippen molar-refractivity contribution in [1.82, 2.24) is 10.2 Å². The minimum Gasteiger partial charge on any atom is -0.314 e. The molecule has 0 bridgehead atoms. The van der Waals surface area contributed by atoms with Crippen LogP contribution in [0.3, 0.4) is 0 Å². The van der Waals surface area contributed by atoms with Crippen LogP contribution in [0.2, 0.25) is 0 Å². The van der Waals surface area contributed by atoms with Crippen LogP contribution in [0.25, 0.3) is 0 Å². The Balaban J connectivity index is 0.00000144. The van der Waals surface area contributed by atoms with Gasteiger partial charge in [-0.3, -0.25) is 4.90 Å². The highest BCUT2D eigenvalue weighted by atomic mass is 79.9. The average molecular weight is 324 g/mol. The predicted octanol–water partition coefficient (Wildman–Crippen LogP) is 2.80. The van der Waals surface area contributed by atoms with Gasteiger partial charge >= 0.3 is 0 Å². The monoisotopic (exact) mass is 322 g/mol. The molecule has 96 valence electrons. The van der Waals surface area contributed by atoms with Gasteiger partial charge in [0.1, 0.15) is 5.82 Å². The highest BCUT2D eigenvalue weighted by Crippen LogP contribution is 2.18. The quantitative estimate of drug-likeness (QED) is 0.900. The third-order valence-electron chi connectivity index (χ3n) is 3.02. The Kier molecular flexibility index (Phi) is 5.86. The van der Waals surface area contributed by atoms with Gasteiger partial charge in [-0.05, 0) is 25.1 Å². The van der Waals surface area contributed by atoms with Crippen molar-refractivity contribution in [2.75, 3.05) is 19.6 Å². The third kappa shape index (κ3) is 3.91. The fraction of sp³-hybridized carbons (Fsp3) is 0.500. The van der Waals surface area contributed by atoms with Gasteiger partial charge in [-0.2, -0.15) is 0 Å². The zero-order valence-corrected chi connectivity index (χ0v) is 12.2. The molecule has 2 nitrogen and oxygen atoms in total. The standard InChI is InChI=1S/C12H16BrFN2.ClH/c1-9-7-15-4-5-16(9)8-10-6-11(13)2-3-12(10)14;/h2-3,6,9,15H,4-5,7-8H2,1H3;1H/t9-;/m0./s1. The van der Waals surface area contributed by atoms with E-state index < -0.39 is 0 Å². The van der Waals surface area contributed by atoms with Gasteiger partial charge in [0, 0.05) is 42.3 Å². The molecule has 1 saturated heterocycles. The van der Waals surface area contributed by atoms with Crippen LogP contribution >= 0.6 is 28.3 Å². The molecule has 1 N–H and O–H groups in total. The molecule has 0 unspecified atom stereocenters. The van der Waals surface area contributed by atoms with Gasteiger partial charge < -0.3 is 5.32 Å². The lowest BCUT2D eigenvalue weighted by atomic mass is 10.1. The molecule has 0 amide bonds. The number of piperazine rings is 1. The first kappa shape index (κ1) is 14.9. The lowest BCUT2D eigenvalue weighted by Crippen LogP contribution is -2.49. The molecule has 0 spiro atoms. The van der Waals surface area contributed by atoms with Crippen LogP contribution < -0.4 is 5.32 Å². The Morgan fingerprint density at radius 1 is 1.53 bits per heavy atom. The van der Waals surface area contributed by atoms with Crippen molar-refractivity contribution in [2.24, 2.45) is 0 Å². The second-order valence-corrected chi connectivity index (χ2v) is 5.18. The molecule has 0 aromatic heterocycles. The highest BCUT2D eigenvalue weighted by Gasteiger charge is 2.19. The van der Waals surface area contributed by atoms with E-state index >= 15 is 0 Å². The lowest BCUT2D eigenvalue weighted by molar-refractivity contribution is 0.164. The molecule has 1 heterocycles. The summed E-state index contributed by atoms with van der Waals surface area (Å²) in [6.45, 7) is 5.80. The van der Waals surface area contributed by atoms with Crippen LogP contribution in [-0.2, 0) is 6.54 Å². The minimum atomic E-state index is -0.117. The normalized spacial score (nSPS) is 21.0. The number of benzene rings is 1. The number of halogens is 3. The summed E-state index contributed by atoms with van der Waals surface area (Å²) in [4.78, 5) is 2.31. The van der Waals surface area contributed by atoms with Crippen molar-refractivity contribution in [3.8, 4) is 0 Å². The van der Waals surface area contributed by atoms with Crippen molar-refractivity contribution in [3.05, 3.63) is 34.1 Å². The van der Waals surface area contributed by atoms with Crippen molar-refractivity contribution in [3.63, 3.8) is 0 Å². The fourth-order valence-electron chi connectivity index (χ4n) is 2.00. The molecule has 0 radical (unpaired) electrons. The molecule has 1 fully saturated rings. The van der Waals surface area contributed by atoms with Gasteiger partial charge in [0.05, 0.1) is 0 Å². The Hall–Kier alpha value is -0.160. The number of nitrogens with zero attached hydrogens (tertiary/aromatic N) is 1. The molecule has 1 atom stereocenters. The first-order valence-electron chi connectivity index (χ1n) is 5.55. The van der Waals surface area contributed by atoms with E-state index in [1.165, 1.54) is 6.07 Å². The maximum Gasteiger partial charge on any atom is 0.127 e. The van der Waals surface area contributed by atoms with Crippen LogP contribution in [0.1, 0.15) is 12.5 Å². The van der Waals surface area contributed by atoms with E-state index in [2.05, 4.69) is 33.1 Å². The summed E-state index contributed by atoms with van der Waals surface area (Å²) in [6.07, 6.45) is 0. The molecule has 0 saturated carbocycles. The Morgan fingerprint density at radius 3 is 3.00 bits per heavy atom. The zero-order valence-electron chi connectivity index (χ0n) is 9.75. The largest absolute Gasteiger partial charge is 0.314 e. The smallest absolute Gasteiger partial charge is 0.127 e. The van der Waals surface area contributed by atoms with Crippen LogP contribution in [0.4, 0.5) is 4.39 Å². The van der Waals surface area contributed by atoms with Gasteiger partial charge in [0.25, 0.3) is 0 Å². The number of hydrogen-bond donors (Lipinski definition) is 1. The molecule has 1 aromatic rings. The summed E-state index contributed by atoms with van der Waals surface area (Å²) < 4.78 is 14.5. The van der Waals surface area contributed by atoms with Crippen molar-refractivity contribution in [1.29, 1.82) is 0 Å². The molecule has 2 rings (SSSR count). The van der Waals surface area contributed by atoms with E-state index in [1.807, 2.05) is 6.07 Å². The third-order valence-corrected chi connectivity index (χ3v) is 3.51. The van der Waals surface area contributed by atoms with E-state index in [0.717, 1.165) is 29.7 Å². The van der Waals surface area contributed by atoms with Gasteiger partial charge in [-0.25, -0.2) is 4.39 Å². The van der Waals surface area contributed by atoms with E-state index in [9.17, 15) is 4.39 Å². The fourth-order valence-corrected chi connectivity index (χ4v) is 2.41.